The third-order valence-corrected chi connectivity index (χ3v) is 5.87. The van der Waals surface area contributed by atoms with Crippen LogP contribution in [0.15, 0.2) is 41.4 Å². The zero-order valence-corrected chi connectivity index (χ0v) is 14.9. The van der Waals surface area contributed by atoms with E-state index in [0.29, 0.717) is 11.9 Å². The number of nitrogens with zero attached hydrogens (tertiary/aromatic N) is 1. The zero-order chi connectivity index (χ0) is 17.2. The molecule has 1 saturated carbocycles. The summed E-state index contributed by atoms with van der Waals surface area (Å²) in [5.74, 6) is 0.324. The molecule has 0 unspecified atom stereocenters. The molecule has 0 spiro atoms. The van der Waals surface area contributed by atoms with Crippen LogP contribution in [0, 0.1) is 13.8 Å². The maximum atomic E-state index is 12.5. The third kappa shape index (κ3) is 3.87. The lowest BCUT2D eigenvalue weighted by Gasteiger charge is -2.14. The largest absolute Gasteiger partial charge is 0.381 e. The fourth-order valence-electron chi connectivity index (χ4n) is 2.92. The van der Waals surface area contributed by atoms with Gasteiger partial charge in [-0.05, 0) is 62.1 Å². The van der Waals surface area contributed by atoms with Crippen molar-refractivity contribution in [1.82, 2.24) is 4.98 Å². The smallest absolute Gasteiger partial charge is 0.263 e. The van der Waals surface area contributed by atoms with Gasteiger partial charge in [0, 0.05) is 6.04 Å². The number of hydrogen-bond donors (Lipinski definition) is 2. The average Bonchev–Trinajstić information content (AvgIpc) is 3.04. The molecule has 128 valence electrons. The molecule has 3 rings (SSSR count). The summed E-state index contributed by atoms with van der Waals surface area (Å²) >= 11 is 0. The van der Waals surface area contributed by atoms with Crippen LogP contribution in [0.5, 0.6) is 0 Å². The summed E-state index contributed by atoms with van der Waals surface area (Å²) in [6.07, 6.45) is 6.57. The van der Waals surface area contributed by atoms with Crippen LogP contribution in [-0.4, -0.2) is 19.4 Å². The minimum Gasteiger partial charge on any atom is -0.381 e. The quantitative estimate of drug-likeness (QED) is 0.863. The van der Waals surface area contributed by atoms with Crippen LogP contribution in [0.2, 0.25) is 0 Å². The summed E-state index contributed by atoms with van der Waals surface area (Å²) in [7, 11) is -3.62. The molecule has 0 radical (unpaired) electrons. The number of benzene rings is 1. The highest BCUT2D eigenvalue weighted by Gasteiger charge is 2.17. The molecule has 0 aliphatic heterocycles. The van der Waals surface area contributed by atoms with Crippen LogP contribution in [0.25, 0.3) is 0 Å². The summed E-state index contributed by atoms with van der Waals surface area (Å²) in [6.45, 7) is 3.85. The van der Waals surface area contributed by atoms with Gasteiger partial charge in [0.15, 0.2) is 0 Å². The highest BCUT2D eigenvalue weighted by Crippen LogP contribution is 2.23. The average molecular weight is 345 g/mol. The van der Waals surface area contributed by atoms with Crippen molar-refractivity contribution in [2.45, 2.75) is 50.5 Å². The van der Waals surface area contributed by atoms with Gasteiger partial charge in [0.25, 0.3) is 10.0 Å². The monoisotopic (exact) mass is 345 g/mol. The van der Waals surface area contributed by atoms with Crippen molar-refractivity contribution in [2.24, 2.45) is 0 Å². The summed E-state index contributed by atoms with van der Waals surface area (Å²) in [5, 5.41) is 3.44. The number of nitrogens with one attached hydrogen (secondary N) is 2. The molecule has 2 aromatic rings. The molecule has 24 heavy (non-hydrogen) atoms. The van der Waals surface area contributed by atoms with Crippen LogP contribution in [-0.2, 0) is 10.0 Å². The molecule has 0 bridgehead atoms. The van der Waals surface area contributed by atoms with Crippen LogP contribution in [0.4, 0.5) is 11.5 Å². The summed E-state index contributed by atoms with van der Waals surface area (Å²) in [4.78, 5) is 4.47. The van der Waals surface area contributed by atoms with Crippen LogP contribution in [0.3, 0.4) is 0 Å². The molecule has 0 amide bonds. The van der Waals surface area contributed by atoms with Gasteiger partial charge in [-0.1, -0.05) is 18.9 Å². The van der Waals surface area contributed by atoms with Crippen LogP contribution in [0.1, 0.15) is 36.8 Å². The molecular weight excluding hydrogens is 322 g/mol. The molecule has 0 saturated heterocycles. The van der Waals surface area contributed by atoms with E-state index in [9.17, 15) is 8.42 Å². The minimum absolute atomic E-state index is 0.251. The van der Waals surface area contributed by atoms with E-state index in [2.05, 4.69) is 15.0 Å². The number of aromatic nitrogens is 1. The Morgan fingerprint density at radius 3 is 2.42 bits per heavy atom. The second-order valence-corrected chi connectivity index (χ2v) is 8.09. The molecule has 1 aromatic heterocycles. The number of rotatable bonds is 5. The lowest BCUT2D eigenvalue weighted by Crippen LogP contribution is -2.16. The molecular formula is C18H23N3O2S. The Morgan fingerprint density at radius 1 is 1.04 bits per heavy atom. The Bertz CT molecular complexity index is 811. The first-order valence-electron chi connectivity index (χ1n) is 8.27. The van der Waals surface area contributed by atoms with Gasteiger partial charge in [-0.2, -0.15) is 0 Å². The van der Waals surface area contributed by atoms with Crippen molar-refractivity contribution >= 4 is 21.5 Å². The van der Waals surface area contributed by atoms with Crippen molar-refractivity contribution in [3.05, 3.63) is 47.7 Å². The van der Waals surface area contributed by atoms with Crippen molar-refractivity contribution < 1.29 is 8.42 Å². The Balaban J connectivity index is 1.71. The number of aryl methyl sites for hydroxylation is 2. The van der Waals surface area contributed by atoms with E-state index < -0.39 is 10.0 Å². The first-order valence-corrected chi connectivity index (χ1v) is 9.75. The normalized spacial score (nSPS) is 15.4. The minimum atomic E-state index is -3.62. The molecule has 2 N–H and O–H groups in total. The second kappa shape index (κ2) is 6.81. The standard InChI is InChI=1S/C18H23N3O2S/c1-13-7-9-17(11-14(13)2)24(22,23)21-18-10-8-16(12-19-18)20-15-5-3-4-6-15/h7-12,15,20H,3-6H2,1-2H3,(H,19,21). The van der Waals surface area contributed by atoms with Gasteiger partial charge in [-0.15, -0.1) is 0 Å². The molecule has 1 fully saturated rings. The topological polar surface area (TPSA) is 71.1 Å². The molecule has 6 heteroatoms. The first-order chi connectivity index (χ1) is 11.4. The summed E-state index contributed by atoms with van der Waals surface area (Å²) < 4.78 is 27.5. The maximum Gasteiger partial charge on any atom is 0.263 e. The summed E-state index contributed by atoms with van der Waals surface area (Å²) in [6, 6.07) is 9.16. The van der Waals surface area contributed by atoms with Crippen LogP contribution < -0.4 is 10.0 Å². The maximum absolute atomic E-state index is 12.5. The van der Waals surface area contributed by atoms with Crippen molar-refractivity contribution in [3.8, 4) is 0 Å². The fraction of sp³-hybridized carbons (Fsp3) is 0.389. The van der Waals surface area contributed by atoms with Crippen molar-refractivity contribution in [3.63, 3.8) is 0 Å². The molecule has 1 aliphatic carbocycles. The summed E-state index contributed by atoms with van der Waals surface area (Å²) in [5.41, 5.74) is 2.94. The van der Waals surface area contributed by atoms with E-state index in [0.717, 1.165) is 16.8 Å². The van der Waals surface area contributed by atoms with Gasteiger partial charge < -0.3 is 5.32 Å². The lowest BCUT2D eigenvalue weighted by molar-refractivity contribution is 0.601. The molecule has 1 aliphatic rings. The number of sulfonamides is 1. The van der Waals surface area contributed by atoms with Gasteiger partial charge in [-0.25, -0.2) is 13.4 Å². The molecule has 5 nitrogen and oxygen atoms in total. The first kappa shape index (κ1) is 16.8. The Kier molecular flexibility index (Phi) is 4.76. The van der Waals surface area contributed by atoms with E-state index in [1.165, 1.54) is 25.7 Å². The van der Waals surface area contributed by atoms with E-state index >= 15 is 0 Å². The fourth-order valence-corrected chi connectivity index (χ4v) is 4.02. The SMILES string of the molecule is Cc1ccc(S(=O)(=O)Nc2ccc(NC3CCCC3)cn2)cc1C. The van der Waals surface area contributed by atoms with Crippen LogP contribution >= 0.6 is 0 Å². The van der Waals surface area contributed by atoms with Gasteiger partial charge in [0.1, 0.15) is 5.82 Å². The highest BCUT2D eigenvalue weighted by molar-refractivity contribution is 7.92. The molecule has 1 heterocycles. The molecule has 0 atom stereocenters. The highest BCUT2D eigenvalue weighted by atomic mass is 32.2. The van der Waals surface area contributed by atoms with Gasteiger partial charge in [-0.3, -0.25) is 4.72 Å². The van der Waals surface area contributed by atoms with Crippen molar-refractivity contribution in [1.29, 1.82) is 0 Å². The third-order valence-electron chi connectivity index (χ3n) is 4.52. The van der Waals surface area contributed by atoms with Gasteiger partial charge >= 0.3 is 0 Å². The van der Waals surface area contributed by atoms with Crippen molar-refractivity contribution in [2.75, 3.05) is 10.0 Å². The van der Waals surface area contributed by atoms with Gasteiger partial charge in [0.05, 0.1) is 16.8 Å². The predicted octanol–water partition coefficient (Wildman–Crippen LogP) is 3.85. The van der Waals surface area contributed by atoms with E-state index in [1.807, 2.05) is 26.0 Å². The Hall–Kier alpha value is -2.08. The lowest BCUT2D eigenvalue weighted by atomic mass is 10.1. The van der Waals surface area contributed by atoms with E-state index in [4.69, 9.17) is 0 Å². The molecule has 1 aromatic carbocycles. The van der Waals surface area contributed by atoms with Gasteiger partial charge in [0.2, 0.25) is 0 Å². The number of hydrogen-bond acceptors (Lipinski definition) is 4. The second-order valence-electron chi connectivity index (χ2n) is 6.41. The number of pyridine rings is 1. The Labute approximate surface area is 143 Å². The number of anilines is 2. The Morgan fingerprint density at radius 2 is 1.79 bits per heavy atom. The zero-order valence-electron chi connectivity index (χ0n) is 14.0. The van der Waals surface area contributed by atoms with E-state index in [1.54, 1.807) is 24.4 Å². The van der Waals surface area contributed by atoms with E-state index in [-0.39, 0.29) is 4.90 Å². The predicted molar refractivity (Wildman–Crippen MR) is 96.8 cm³/mol.